The molecule has 0 aromatic carbocycles. The first-order valence-electron chi connectivity index (χ1n) is 8.62. The second-order valence-electron chi connectivity index (χ2n) is 6.92. The monoisotopic (exact) mass is 359 g/mol. The van der Waals surface area contributed by atoms with E-state index in [2.05, 4.69) is 20.5 Å². The van der Waals surface area contributed by atoms with E-state index in [0.717, 1.165) is 11.1 Å². The Balaban J connectivity index is 1.62. The summed E-state index contributed by atoms with van der Waals surface area (Å²) in [5.41, 5.74) is 1.95. The van der Waals surface area contributed by atoms with Crippen molar-refractivity contribution in [3.05, 3.63) is 36.4 Å². The number of alkyl halides is 1. The fourth-order valence-electron chi connectivity index (χ4n) is 2.96. The van der Waals surface area contributed by atoms with Crippen LogP contribution in [0.25, 0.3) is 11.1 Å². The van der Waals surface area contributed by atoms with Crippen LogP contribution in [-0.2, 0) is 4.79 Å². The minimum absolute atomic E-state index is 0.0450. The molecule has 2 aromatic rings. The molecule has 1 saturated heterocycles. The SMILES string of the molecule is CC(C)CC(=O)N[C@@H]1CN(C(=O)c2ccc(-c3cn[nH]c3)cn2)C[C@@H]1F. The predicted molar refractivity (Wildman–Crippen MR) is 94.0 cm³/mol. The molecule has 3 rings (SSSR count). The normalized spacial score (nSPS) is 19.8. The highest BCUT2D eigenvalue weighted by atomic mass is 19.1. The zero-order valence-corrected chi connectivity index (χ0v) is 14.8. The number of pyridine rings is 1. The number of hydrogen-bond acceptors (Lipinski definition) is 4. The molecule has 8 heteroatoms. The molecule has 2 N–H and O–H groups in total. The van der Waals surface area contributed by atoms with E-state index in [1.165, 1.54) is 4.90 Å². The average molecular weight is 359 g/mol. The average Bonchev–Trinajstić information content (AvgIpc) is 3.24. The van der Waals surface area contributed by atoms with Crippen molar-refractivity contribution in [2.45, 2.75) is 32.5 Å². The summed E-state index contributed by atoms with van der Waals surface area (Å²) in [6.07, 6.45) is 4.05. The van der Waals surface area contributed by atoms with Gasteiger partial charge in [0, 0.05) is 36.5 Å². The highest BCUT2D eigenvalue weighted by Gasteiger charge is 2.37. The van der Waals surface area contributed by atoms with Gasteiger partial charge in [0.05, 0.1) is 18.8 Å². The maximum absolute atomic E-state index is 14.2. The number of carbonyl (C=O) groups excluding carboxylic acids is 2. The predicted octanol–water partition coefficient (Wildman–Crippen LogP) is 1.80. The van der Waals surface area contributed by atoms with Crippen molar-refractivity contribution in [1.82, 2.24) is 25.4 Å². The van der Waals surface area contributed by atoms with Gasteiger partial charge in [-0.15, -0.1) is 0 Å². The molecule has 3 heterocycles. The molecule has 0 spiro atoms. The number of likely N-dealkylation sites (tertiary alicyclic amines) is 1. The smallest absolute Gasteiger partial charge is 0.272 e. The number of rotatable bonds is 5. The van der Waals surface area contributed by atoms with E-state index < -0.39 is 12.2 Å². The van der Waals surface area contributed by atoms with E-state index in [1.807, 2.05) is 13.8 Å². The standard InChI is InChI=1S/C18H22FN5O2/c1-11(2)5-17(25)23-16-10-24(9-14(16)19)18(26)15-4-3-12(6-20-15)13-7-21-22-8-13/h3-4,6-8,11,14,16H,5,9-10H2,1-2H3,(H,21,22)(H,23,25)/t14-,16+/m0/s1. The number of hydrogen-bond donors (Lipinski definition) is 2. The van der Waals surface area contributed by atoms with E-state index in [4.69, 9.17) is 0 Å². The van der Waals surface area contributed by atoms with E-state index in [-0.39, 0.29) is 36.5 Å². The Kier molecular flexibility index (Phi) is 5.29. The van der Waals surface area contributed by atoms with Gasteiger partial charge in [0.1, 0.15) is 11.9 Å². The summed E-state index contributed by atoms with van der Waals surface area (Å²) in [6.45, 7) is 3.96. The molecule has 0 saturated carbocycles. The zero-order chi connectivity index (χ0) is 18.7. The molecule has 2 aromatic heterocycles. The van der Waals surface area contributed by atoms with Gasteiger partial charge in [-0.25, -0.2) is 4.39 Å². The van der Waals surface area contributed by atoms with Gasteiger partial charge in [0.2, 0.25) is 5.91 Å². The van der Waals surface area contributed by atoms with Crippen molar-refractivity contribution >= 4 is 11.8 Å². The molecule has 1 aliphatic heterocycles. The van der Waals surface area contributed by atoms with Gasteiger partial charge in [-0.2, -0.15) is 5.10 Å². The maximum atomic E-state index is 14.2. The fraction of sp³-hybridized carbons (Fsp3) is 0.444. The van der Waals surface area contributed by atoms with Gasteiger partial charge >= 0.3 is 0 Å². The summed E-state index contributed by atoms with van der Waals surface area (Å²) in [4.78, 5) is 30.0. The number of nitrogens with zero attached hydrogens (tertiary/aromatic N) is 3. The van der Waals surface area contributed by atoms with Gasteiger partial charge < -0.3 is 10.2 Å². The number of halogens is 1. The van der Waals surface area contributed by atoms with Crippen LogP contribution in [0.15, 0.2) is 30.7 Å². The van der Waals surface area contributed by atoms with Crippen LogP contribution < -0.4 is 5.32 Å². The molecule has 1 aliphatic rings. The molecule has 0 bridgehead atoms. The minimum atomic E-state index is -1.28. The number of nitrogens with one attached hydrogen (secondary N) is 2. The van der Waals surface area contributed by atoms with Crippen LogP contribution in [-0.4, -0.2) is 57.2 Å². The summed E-state index contributed by atoms with van der Waals surface area (Å²) in [5.74, 6) is -0.332. The quantitative estimate of drug-likeness (QED) is 0.852. The van der Waals surface area contributed by atoms with Crippen LogP contribution in [0.1, 0.15) is 30.8 Å². The molecule has 0 aliphatic carbocycles. The number of aromatic nitrogens is 3. The second-order valence-corrected chi connectivity index (χ2v) is 6.92. The lowest BCUT2D eigenvalue weighted by Gasteiger charge is -2.17. The molecule has 0 unspecified atom stereocenters. The topological polar surface area (TPSA) is 91.0 Å². The Morgan fingerprint density at radius 2 is 2.12 bits per heavy atom. The van der Waals surface area contributed by atoms with Gasteiger partial charge in [0.25, 0.3) is 5.91 Å². The van der Waals surface area contributed by atoms with Crippen molar-refractivity contribution in [2.75, 3.05) is 13.1 Å². The van der Waals surface area contributed by atoms with Crippen LogP contribution in [0.4, 0.5) is 4.39 Å². The summed E-state index contributed by atoms with van der Waals surface area (Å²) in [6, 6.07) is 2.72. The van der Waals surface area contributed by atoms with Crippen molar-refractivity contribution < 1.29 is 14.0 Å². The van der Waals surface area contributed by atoms with E-state index in [9.17, 15) is 14.0 Å². The van der Waals surface area contributed by atoms with Gasteiger partial charge in [0.15, 0.2) is 0 Å². The Morgan fingerprint density at radius 3 is 2.73 bits per heavy atom. The first-order chi connectivity index (χ1) is 12.4. The summed E-state index contributed by atoms with van der Waals surface area (Å²) >= 11 is 0. The van der Waals surface area contributed by atoms with E-state index in [0.29, 0.717) is 6.42 Å². The van der Waals surface area contributed by atoms with E-state index in [1.54, 1.807) is 30.7 Å². The molecular formula is C18H22FN5O2. The van der Waals surface area contributed by atoms with Gasteiger partial charge in [-0.3, -0.25) is 19.7 Å². The fourth-order valence-corrected chi connectivity index (χ4v) is 2.96. The molecule has 2 amide bonds. The molecule has 1 fully saturated rings. The lowest BCUT2D eigenvalue weighted by Crippen LogP contribution is -2.42. The molecule has 138 valence electrons. The summed E-state index contributed by atoms with van der Waals surface area (Å²) in [5, 5.41) is 9.28. The van der Waals surface area contributed by atoms with Crippen LogP contribution in [0.3, 0.4) is 0 Å². The highest BCUT2D eigenvalue weighted by molar-refractivity contribution is 5.93. The lowest BCUT2D eigenvalue weighted by molar-refractivity contribution is -0.122. The lowest BCUT2D eigenvalue weighted by atomic mass is 10.1. The third-order valence-corrected chi connectivity index (χ3v) is 4.29. The maximum Gasteiger partial charge on any atom is 0.272 e. The molecule has 7 nitrogen and oxygen atoms in total. The number of H-pyrrole nitrogens is 1. The van der Waals surface area contributed by atoms with Gasteiger partial charge in [-0.1, -0.05) is 19.9 Å². The highest BCUT2D eigenvalue weighted by Crippen LogP contribution is 2.19. The van der Waals surface area contributed by atoms with E-state index >= 15 is 0 Å². The first kappa shape index (κ1) is 18.0. The van der Waals surface area contributed by atoms with Gasteiger partial charge in [-0.05, 0) is 12.0 Å². The third-order valence-electron chi connectivity index (χ3n) is 4.29. The van der Waals surface area contributed by atoms with Crippen LogP contribution in [0, 0.1) is 5.92 Å². The zero-order valence-electron chi connectivity index (χ0n) is 14.8. The minimum Gasteiger partial charge on any atom is -0.349 e. The molecular weight excluding hydrogens is 337 g/mol. The van der Waals surface area contributed by atoms with Crippen LogP contribution >= 0.6 is 0 Å². The Hall–Kier alpha value is -2.77. The van der Waals surface area contributed by atoms with Crippen LogP contribution in [0.5, 0.6) is 0 Å². The largest absolute Gasteiger partial charge is 0.349 e. The first-order valence-corrected chi connectivity index (χ1v) is 8.62. The summed E-state index contributed by atoms with van der Waals surface area (Å²) in [7, 11) is 0. The number of amides is 2. The van der Waals surface area contributed by atoms with Crippen molar-refractivity contribution in [2.24, 2.45) is 5.92 Å². The van der Waals surface area contributed by atoms with Crippen molar-refractivity contribution in [3.8, 4) is 11.1 Å². The Bertz CT molecular complexity index is 760. The number of carbonyl (C=O) groups is 2. The van der Waals surface area contributed by atoms with Crippen molar-refractivity contribution in [1.29, 1.82) is 0 Å². The Labute approximate surface area is 151 Å². The second kappa shape index (κ2) is 7.63. The third kappa shape index (κ3) is 4.07. The summed E-state index contributed by atoms with van der Waals surface area (Å²) < 4.78 is 14.2. The van der Waals surface area contributed by atoms with Crippen LogP contribution in [0.2, 0.25) is 0 Å². The Morgan fingerprint density at radius 1 is 1.31 bits per heavy atom. The molecule has 0 radical (unpaired) electrons. The molecule has 26 heavy (non-hydrogen) atoms. The molecule has 2 atom stereocenters. The van der Waals surface area contributed by atoms with Crippen molar-refractivity contribution in [3.63, 3.8) is 0 Å². The number of aromatic amines is 1.